The number of hydrogen-bond acceptors (Lipinski definition) is 2. The van der Waals surface area contributed by atoms with E-state index in [1.807, 2.05) is 6.26 Å². The zero-order valence-corrected chi connectivity index (χ0v) is 9.92. The third-order valence-corrected chi connectivity index (χ3v) is 3.72. The Labute approximate surface area is 92.1 Å². The van der Waals surface area contributed by atoms with Crippen molar-refractivity contribution in [2.45, 2.75) is 45.1 Å². The van der Waals surface area contributed by atoms with E-state index in [1.165, 1.54) is 30.6 Å². The van der Waals surface area contributed by atoms with E-state index in [-0.39, 0.29) is 0 Å². The van der Waals surface area contributed by atoms with E-state index in [1.54, 1.807) is 0 Å². The smallest absolute Gasteiger partial charge is 0.107 e. The highest BCUT2D eigenvalue weighted by molar-refractivity contribution is 5.16. The molecule has 1 aromatic rings. The average Bonchev–Trinajstić information content (AvgIpc) is 2.65. The number of nitrogens with one attached hydrogen (secondary N) is 1. The number of rotatable bonds is 2. The van der Waals surface area contributed by atoms with Crippen molar-refractivity contribution in [3.8, 4) is 0 Å². The largest absolute Gasteiger partial charge is 0.469 e. The lowest BCUT2D eigenvalue weighted by Gasteiger charge is -2.32. The minimum atomic E-state index is 0.602. The van der Waals surface area contributed by atoms with E-state index < -0.39 is 0 Å². The van der Waals surface area contributed by atoms with E-state index in [0.717, 1.165) is 5.92 Å². The fraction of sp³-hybridized carbons (Fsp3) is 0.692. The number of furan rings is 1. The van der Waals surface area contributed by atoms with Gasteiger partial charge in [0.05, 0.1) is 6.26 Å². The van der Waals surface area contributed by atoms with Gasteiger partial charge in [-0.15, -0.1) is 0 Å². The minimum Gasteiger partial charge on any atom is -0.469 e. The highest BCUT2D eigenvalue weighted by Crippen LogP contribution is 2.38. The third-order valence-electron chi connectivity index (χ3n) is 3.72. The molecule has 1 aromatic heterocycles. The van der Waals surface area contributed by atoms with Gasteiger partial charge in [-0.05, 0) is 50.8 Å². The maximum Gasteiger partial charge on any atom is 0.107 e. The first-order valence-corrected chi connectivity index (χ1v) is 5.93. The third kappa shape index (κ3) is 2.25. The molecule has 2 rings (SSSR count). The number of aryl methyl sites for hydroxylation is 1. The van der Waals surface area contributed by atoms with Gasteiger partial charge in [0.1, 0.15) is 5.76 Å². The van der Waals surface area contributed by atoms with Gasteiger partial charge in [-0.3, -0.25) is 0 Å². The number of hydrogen-bond donors (Lipinski definition) is 1. The van der Waals surface area contributed by atoms with E-state index in [9.17, 15) is 0 Å². The lowest BCUT2D eigenvalue weighted by atomic mass is 9.76. The van der Waals surface area contributed by atoms with Crippen LogP contribution in [0.1, 0.15) is 43.4 Å². The Morgan fingerprint density at radius 1 is 1.40 bits per heavy atom. The molecule has 1 heterocycles. The van der Waals surface area contributed by atoms with Gasteiger partial charge in [0.15, 0.2) is 0 Å². The molecule has 0 aliphatic heterocycles. The van der Waals surface area contributed by atoms with Gasteiger partial charge in [-0.1, -0.05) is 6.92 Å². The van der Waals surface area contributed by atoms with Crippen LogP contribution in [-0.2, 0) is 0 Å². The van der Waals surface area contributed by atoms with Gasteiger partial charge in [0.25, 0.3) is 0 Å². The van der Waals surface area contributed by atoms with Crippen molar-refractivity contribution in [3.05, 3.63) is 23.7 Å². The molecule has 1 fully saturated rings. The lowest BCUT2D eigenvalue weighted by Crippen LogP contribution is -2.33. The SMILES string of the molecule is CNC1CCC(C)C(c2cc(C)co2)C1. The fourth-order valence-electron chi connectivity index (χ4n) is 2.63. The van der Waals surface area contributed by atoms with Crippen molar-refractivity contribution < 1.29 is 4.42 Å². The normalized spacial score (nSPS) is 31.8. The zero-order valence-electron chi connectivity index (χ0n) is 9.92. The molecule has 1 N–H and O–H groups in total. The second-order valence-electron chi connectivity index (χ2n) is 4.91. The first kappa shape index (κ1) is 10.7. The van der Waals surface area contributed by atoms with Crippen molar-refractivity contribution in [1.29, 1.82) is 0 Å². The molecule has 0 aromatic carbocycles. The minimum absolute atomic E-state index is 0.602. The molecule has 3 atom stereocenters. The highest BCUT2D eigenvalue weighted by Gasteiger charge is 2.29. The Bertz CT molecular complexity index is 318. The van der Waals surface area contributed by atoms with Crippen LogP contribution in [0.25, 0.3) is 0 Å². The van der Waals surface area contributed by atoms with Gasteiger partial charge < -0.3 is 9.73 Å². The van der Waals surface area contributed by atoms with Gasteiger partial charge in [0.2, 0.25) is 0 Å². The first-order valence-electron chi connectivity index (χ1n) is 5.93. The van der Waals surface area contributed by atoms with Crippen LogP contribution in [0.15, 0.2) is 16.7 Å². The van der Waals surface area contributed by atoms with Crippen LogP contribution < -0.4 is 5.32 Å². The van der Waals surface area contributed by atoms with E-state index in [0.29, 0.717) is 12.0 Å². The summed E-state index contributed by atoms with van der Waals surface area (Å²) in [6, 6.07) is 2.86. The molecule has 3 unspecified atom stereocenters. The summed E-state index contributed by atoms with van der Waals surface area (Å²) in [7, 11) is 2.06. The molecule has 0 saturated heterocycles. The summed E-state index contributed by atoms with van der Waals surface area (Å²) in [5.74, 6) is 2.53. The van der Waals surface area contributed by atoms with Crippen LogP contribution in [0, 0.1) is 12.8 Å². The first-order chi connectivity index (χ1) is 7.20. The lowest BCUT2D eigenvalue weighted by molar-refractivity contribution is 0.250. The summed E-state index contributed by atoms with van der Waals surface area (Å²) in [5.41, 5.74) is 1.24. The van der Waals surface area contributed by atoms with Crippen molar-refractivity contribution in [3.63, 3.8) is 0 Å². The van der Waals surface area contributed by atoms with Gasteiger partial charge in [-0.25, -0.2) is 0 Å². The standard InChI is InChI=1S/C13H21NO/c1-9-6-13(15-8-9)12-7-11(14-3)5-4-10(12)2/h6,8,10-12,14H,4-5,7H2,1-3H3. The quantitative estimate of drug-likeness (QED) is 0.806. The Balaban J connectivity index is 2.12. The van der Waals surface area contributed by atoms with Crippen LogP contribution in [0.3, 0.4) is 0 Å². The van der Waals surface area contributed by atoms with E-state index in [4.69, 9.17) is 4.42 Å². The molecule has 15 heavy (non-hydrogen) atoms. The summed E-state index contributed by atoms with van der Waals surface area (Å²) in [6.45, 7) is 4.43. The molecule has 0 spiro atoms. The molecule has 2 nitrogen and oxygen atoms in total. The van der Waals surface area contributed by atoms with Crippen molar-refractivity contribution in [2.75, 3.05) is 7.05 Å². The van der Waals surface area contributed by atoms with Crippen LogP contribution >= 0.6 is 0 Å². The molecule has 2 heteroatoms. The Morgan fingerprint density at radius 2 is 2.20 bits per heavy atom. The topological polar surface area (TPSA) is 25.2 Å². The summed E-state index contributed by atoms with van der Waals surface area (Å²) in [4.78, 5) is 0. The van der Waals surface area contributed by atoms with Crippen LogP contribution in [0.5, 0.6) is 0 Å². The second kappa shape index (κ2) is 4.40. The molecule has 1 aliphatic rings. The van der Waals surface area contributed by atoms with Gasteiger partial charge >= 0.3 is 0 Å². The van der Waals surface area contributed by atoms with E-state index >= 15 is 0 Å². The average molecular weight is 207 g/mol. The molecule has 0 amide bonds. The predicted octanol–water partition coefficient (Wildman–Crippen LogP) is 3.08. The molecular weight excluding hydrogens is 186 g/mol. The Morgan fingerprint density at radius 3 is 2.80 bits per heavy atom. The van der Waals surface area contributed by atoms with Gasteiger partial charge in [-0.2, -0.15) is 0 Å². The summed E-state index contributed by atoms with van der Waals surface area (Å²) in [6.07, 6.45) is 5.68. The molecular formula is C13H21NO. The second-order valence-corrected chi connectivity index (χ2v) is 4.91. The summed E-state index contributed by atoms with van der Waals surface area (Å²) in [5, 5.41) is 3.39. The highest BCUT2D eigenvalue weighted by atomic mass is 16.3. The molecule has 1 aliphatic carbocycles. The molecule has 1 saturated carbocycles. The van der Waals surface area contributed by atoms with Gasteiger partial charge in [0, 0.05) is 12.0 Å². The Hall–Kier alpha value is -0.760. The molecule has 0 radical (unpaired) electrons. The van der Waals surface area contributed by atoms with Crippen LogP contribution in [-0.4, -0.2) is 13.1 Å². The zero-order chi connectivity index (χ0) is 10.8. The van der Waals surface area contributed by atoms with E-state index in [2.05, 4.69) is 32.3 Å². The predicted molar refractivity (Wildman–Crippen MR) is 62.0 cm³/mol. The Kier molecular flexibility index (Phi) is 3.15. The monoisotopic (exact) mass is 207 g/mol. The van der Waals surface area contributed by atoms with Crippen molar-refractivity contribution in [2.24, 2.45) is 5.92 Å². The maximum atomic E-state index is 5.64. The molecule has 0 bridgehead atoms. The van der Waals surface area contributed by atoms with Crippen LogP contribution in [0.2, 0.25) is 0 Å². The summed E-state index contributed by atoms with van der Waals surface area (Å²) >= 11 is 0. The van der Waals surface area contributed by atoms with Crippen LogP contribution in [0.4, 0.5) is 0 Å². The molecule has 84 valence electrons. The fourth-order valence-corrected chi connectivity index (χ4v) is 2.63. The van der Waals surface area contributed by atoms with Crippen molar-refractivity contribution >= 4 is 0 Å². The van der Waals surface area contributed by atoms with Crippen molar-refractivity contribution in [1.82, 2.24) is 5.32 Å². The summed E-state index contributed by atoms with van der Waals surface area (Å²) < 4.78 is 5.64. The maximum absolute atomic E-state index is 5.64.